The molecule has 1 aliphatic rings. The van der Waals surface area contributed by atoms with Gasteiger partial charge >= 0.3 is 6.03 Å². The number of anilines is 1. The molecule has 5 nitrogen and oxygen atoms in total. The highest BCUT2D eigenvalue weighted by atomic mass is 35.5. The number of nitrogens with zero attached hydrogens (tertiary/aromatic N) is 2. The van der Waals surface area contributed by atoms with Crippen LogP contribution in [0, 0.1) is 5.82 Å². The lowest BCUT2D eigenvalue weighted by atomic mass is 10.1. The number of piperazine rings is 1. The molecule has 0 spiro atoms. The number of amides is 3. The van der Waals surface area contributed by atoms with Gasteiger partial charge in [0.2, 0.25) is 5.91 Å². The van der Waals surface area contributed by atoms with E-state index in [4.69, 9.17) is 11.6 Å². The second-order valence-corrected chi connectivity index (χ2v) is 6.54. The van der Waals surface area contributed by atoms with E-state index < -0.39 is 0 Å². The number of urea groups is 1. The minimum absolute atomic E-state index is 0.0333. The molecule has 3 rings (SSSR count). The molecule has 1 heterocycles. The van der Waals surface area contributed by atoms with Crippen molar-refractivity contribution in [3.8, 4) is 0 Å². The number of carbonyl (C=O) groups is 2. The zero-order valence-electron chi connectivity index (χ0n) is 14.1. The molecule has 1 N–H and O–H groups in total. The second kappa shape index (κ2) is 8.19. The van der Waals surface area contributed by atoms with Gasteiger partial charge in [-0.1, -0.05) is 23.7 Å². The SMILES string of the molecule is O=C(Cc1ccc(Cl)cc1)N1CCN(C(=O)Nc2ccc(F)cc2)CC1. The van der Waals surface area contributed by atoms with Gasteiger partial charge in [0.1, 0.15) is 5.82 Å². The summed E-state index contributed by atoms with van der Waals surface area (Å²) in [7, 11) is 0. The Balaban J connectivity index is 1.48. The van der Waals surface area contributed by atoms with Crippen molar-refractivity contribution in [2.75, 3.05) is 31.5 Å². The maximum absolute atomic E-state index is 12.9. The summed E-state index contributed by atoms with van der Waals surface area (Å²) in [6.07, 6.45) is 0.318. The zero-order chi connectivity index (χ0) is 18.5. The summed E-state index contributed by atoms with van der Waals surface area (Å²) in [5, 5.41) is 3.37. The van der Waals surface area contributed by atoms with Gasteiger partial charge in [0.25, 0.3) is 0 Å². The number of halogens is 2. The van der Waals surface area contributed by atoms with Crippen LogP contribution >= 0.6 is 11.6 Å². The van der Waals surface area contributed by atoms with Crippen molar-refractivity contribution in [1.29, 1.82) is 0 Å². The van der Waals surface area contributed by atoms with Gasteiger partial charge < -0.3 is 15.1 Å². The third-order valence-corrected chi connectivity index (χ3v) is 4.54. The lowest BCUT2D eigenvalue weighted by Gasteiger charge is -2.34. The molecule has 0 bridgehead atoms. The molecule has 2 aromatic carbocycles. The maximum atomic E-state index is 12.9. The van der Waals surface area contributed by atoms with E-state index in [-0.39, 0.29) is 17.8 Å². The van der Waals surface area contributed by atoms with Crippen LogP contribution in [0.3, 0.4) is 0 Å². The van der Waals surface area contributed by atoms with Crippen LogP contribution < -0.4 is 5.32 Å². The van der Waals surface area contributed by atoms with Crippen LogP contribution in [0.2, 0.25) is 5.02 Å². The average molecular weight is 376 g/mol. The minimum Gasteiger partial charge on any atom is -0.339 e. The summed E-state index contributed by atoms with van der Waals surface area (Å²) in [5.74, 6) is -0.318. The number of benzene rings is 2. The lowest BCUT2D eigenvalue weighted by Crippen LogP contribution is -2.52. The topological polar surface area (TPSA) is 52.7 Å². The van der Waals surface area contributed by atoms with Gasteiger partial charge in [-0.3, -0.25) is 4.79 Å². The van der Waals surface area contributed by atoms with Crippen molar-refractivity contribution in [3.63, 3.8) is 0 Å². The summed E-state index contributed by atoms with van der Waals surface area (Å²) in [5.41, 5.74) is 1.45. The van der Waals surface area contributed by atoms with Crippen molar-refractivity contribution in [3.05, 3.63) is 64.9 Å². The predicted octanol–water partition coefficient (Wildman–Crippen LogP) is 3.40. The Bertz CT molecular complexity index is 705. The molecule has 0 saturated carbocycles. The molecule has 0 unspecified atom stereocenters. The fourth-order valence-corrected chi connectivity index (χ4v) is 2.91. The van der Waals surface area contributed by atoms with E-state index in [2.05, 4.69) is 5.32 Å². The van der Waals surface area contributed by atoms with Crippen LogP contribution in [0.5, 0.6) is 0 Å². The van der Waals surface area contributed by atoms with E-state index in [1.165, 1.54) is 24.3 Å². The van der Waals surface area contributed by atoms with E-state index in [1.807, 2.05) is 12.1 Å². The van der Waals surface area contributed by atoms with E-state index in [1.54, 1.807) is 21.9 Å². The molecule has 1 fully saturated rings. The lowest BCUT2D eigenvalue weighted by molar-refractivity contribution is -0.131. The van der Waals surface area contributed by atoms with Gasteiger partial charge in [-0.25, -0.2) is 9.18 Å². The first-order chi connectivity index (χ1) is 12.5. The number of carbonyl (C=O) groups excluding carboxylic acids is 2. The highest BCUT2D eigenvalue weighted by molar-refractivity contribution is 6.30. The van der Waals surface area contributed by atoms with Crippen LogP contribution in [0.4, 0.5) is 14.9 Å². The standard InChI is InChI=1S/C19H19ClFN3O2/c20-15-3-1-14(2-4-15)13-18(25)23-9-11-24(12-10-23)19(26)22-17-7-5-16(21)6-8-17/h1-8H,9-13H2,(H,22,26). The zero-order valence-corrected chi connectivity index (χ0v) is 14.9. The van der Waals surface area contributed by atoms with E-state index >= 15 is 0 Å². The molecular formula is C19H19ClFN3O2. The van der Waals surface area contributed by atoms with E-state index in [0.717, 1.165) is 5.56 Å². The Morgan fingerprint density at radius 3 is 2.12 bits per heavy atom. The Hall–Kier alpha value is -2.60. The summed E-state index contributed by atoms with van der Waals surface area (Å²) in [6.45, 7) is 1.89. The smallest absolute Gasteiger partial charge is 0.321 e. The number of hydrogen-bond donors (Lipinski definition) is 1. The molecule has 1 saturated heterocycles. The van der Waals surface area contributed by atoms with Crippen LogP contribution in [0.25, 0.3) is 0 Å². The number of nitrogens with one attached hydrogen (secondary N) is 1. The van der Waals surface area contributed by atoms with E-state index in [9.17, 15) is 14.0 Å². The van der Waals surface area contributed by atoms with Gasteiger partial charge in [-0.2, -0.15) is 0 Å². The van der Waals surface area contributed by atoms with Crippen molar-refractivity contribution >= 4 is 29.2 Å². The minimum atomic E-state index is -0.351. The highest BCUT2D eigenvalue weighted by Gasteiger charge is 2.24. The Morgan fingerprint density at radius 2 is 1.50 bits per heavy atom. The third kappa shape index (κ3) is 4.73. The van der Waals surface area contributed by atoms with Crippen LogP contribution in [-0.2, 0) is 11.2 Å². The fraction of sp³-hybridized carbons (Fsp3) is 0.263. The Kier molecular flexibility index (Phi) is 5.73. The number of hydrogen-bond acceptors (Lipinski definition) is 2. The van der Waals surface area contributed by atoms with Crippen LogP contribution in [-0.4, -0.2) is 47.9 Å². The monoisotopic (exact) mass is 375 g/mol. The number of rotatable bonds is 3. The molecule has 3 amide bonds. The van der Waals surface area contributed by atoms with Gasteiger partial charge in [0, 0.05) is 36.9 Å². The first-order valence-electron chi connectivity index (χ1n) is 8.35. The fourth-order valence-electron chi connectivity index (χ4n) is 2.78. The molecule has 0 aliphatic carbocycles. The summed E-state index contributed by atoms with van der Waals surface area (Å²) in [6, 6.07) is 12.6. The Morgan fingerprint density at radius 1 is 0.923 bits per heavy atom. The molecule has 0 atom stereocenters. The summed E-state index contributed by atoms with van der Waals surface area (Å²) >= 11 is 5.85. The maximum Gasteiger partial charge on any atom is 0.321 e. The average Bonchev–Trinajstić information content (AvgIpc) is 2.65. The largest absolute Gasteiger partial charge is 0.339 e. The van der Waals surface area contributed by atoms with Gasteiger partial charge in [-0.05, 0) is 42.0 Å². The second-order valence-electron chi connectivity index (χ2n) is 6.11. The van der Waals surface area contributed by atoms with Crippen molar-refractivity contribution in [2.24, 2.45) is 0 Å². The Labute approximate surface area is 156 Å². The molecule has 26 heavy (non-hydrogen) atoms. The summed E-state index contributed by atoms with van der Waals surface area (Å²) in [4.78, 5) is 28.1. The third-order valence-electron chi connectivity index (χ3n) is 4.28. The molecular weight excluding hydrogens is 357 g/mol. The van der Waals surface area contributed by atoms with Crippen LogP contribution in [0.1, 0.15) is 5.56 Å². The molecule has 2 aromatic rings. The first kappa shape index (κ1) is 18.2. The molecule has 0 aromatic heterocycles. The van der Waals surface area contributed by atoms with E-state index in [0.29, 0.717) is 43.3 Å². The van der Waals surface area contributed by atoms with Crippen molar-refractivity contribution < 1.29 is 14.0 Å². The van der Waals surface area contributed by atoms with Crippen molar-refractivity contribution in [1.82, 2.24) is 9.80 Å². The highest BCUT2D eigenvalue weighted by Crippen LogP contribution is 2.13. The quantitative estimate of drug-likeness (QED) is 0.894. The van der Waals surface area contributed by atoms with Gasteiger partial charge in [-0.15, -0.1) is 0 Å². The molecule has 1 aliphatic heterocycles. The molecule has 136 valence electrons. The van der Waals surface area contributed by atoms with Gasteiger partial charge in [0.05, 0.1) is 6.42 Å². The predicted molar refractivity (Wildman–Crippen MR) is 98.7 cm³/mol. The summed E-state index contributed by atoms with van der Waals surface area (Å²) < 4.78 is 12.9. The van der Waals surface area contributed by atoms with Crippen molar-refractivity contribution in [2.45, 2.75) is 6.42 Å². The first-order valence-corrected chi connectivity index (χ1v) is 8.73. The normalized spacial score (nSPS) is 14.2. The van der Waals surface area contributed by atoms with Crippen LogP contribution in [0.15, 0.2) is 48.5 Å². The van der Waals surface area contributed by atoms with Gasteiger partial charge in [0.15, 0.2) is 0 Å². The molecule has 0 radical (unpaired) electrons. The molecule has 7 heteroatoms.